The van der Waals surface area contributed by atoms with E-state index in [1.165, 1.54) is 58.2 Å². The van der Waals surface area contributed by atoms with Crippen LogP contribution in [0.1, 0.15) is 38.8 Å². The number of aryl methyl sites for hydroxylation is 2. The lowest BCUT2D eigenvalue weighted by Gasteiger charge is -2.54. The van der Waals surface area contributed by atoms with Gasteiger partial charge in [0.25, 0.3) is 0 Å². The molecule has 1 heterocycles. The summed E-state index contributed by atoms with van der Waals surface area (Å²) in [5.41, 5.74) is 4.37. The minimum atomic E-state index is -3.32. The summed E-state index contributed by atoms with van der Waals surface area (Å²) in [4.78, 5) is 55.2. The van der Waals surface area contributed by atoms with Crippen LogP contribution in [0.15, 0.2) is 146 Å². The summed E-state index contributed by atoms with van der Waals surface area (Å²) in [6.07, 6.45) is 0. The quantitative estimate of drug-likeness (QED) is 0.230. The van der Waals surface area contributed by atoms with Crippen LogP contribution in [-0.4, -0.2) is 38.8 Å². The van der Waals surface area contributed by atoms with E-state index >= 15 is 0 Å². The van der Waals surface area contributed by atoms with Gasteiger partial charge in [0, 0.05) is 27.7 Å². The predicted octanol–water partition coefficient (Wildman–Crippen LogP) is 4.80. The van der Waals surface area contributed by atoms with E-state index in [-0.39, 0.29) is 23.6 Å². The van der Waals surface area contributed by atoms with Gasteiger partial charge in [-0.05, 0) is 58.6 Å². The molecule has 0 saturated carbocycles. The van der Waals surface area contributed by atoms with Gasteiger partial charge in [-0.15, -0.1) is 0 Å². The number of carbonyl (C=O) groups is 4. The normalized spacial score (nSPS) is 13.6. The number of imide groups is 2. The Morgan fingerprint density at radius 1 is 0.389 bits per heavy atom. The molecule has 0 atom stereocenters. The topological polar surface area (TPSA) is 74.8 Å². The average molecular weight is 743 g/mol. The molecule has 0 unspecified atom stereocenters. The Hall–Kier alpha value is -5.97. The molecule has 0 aromatic heterocycles. The van der Waals surface area contributed by atoms with Gasteiger partial charge in [0.1, 0.15) is 0 Å². The van der Waals surface area contributed by atoms with Crippen molar-refractivity contribution in [3.05, 3.63) is 157 Å². The van der Waals surface area contributed by atoms with Crippen LogP contribution >= 0.6 is 0 Å². The molecule has 0 spiro atoms. The number of fused-ring (bicyclic) bond motifs is 3. The number of rotatable bonds is 6. The third-order valence-electron chi connectivity index (χ3n) is 10.9. The maximum absolute atomic E-state index is 13.2. The molecule has 268 valence electrons. The van der Waals surface area contributed by atoms with Crippen molar-refractivity contribution in [1.82, 2.24) is 0 Å². The van der Waals surface area contributed by atoms with Crippen LogP contribution < -0.4 is 40.9 Å². The molecule has 0 radical (unpaired) electrons. The molecule has 4 amide bonds. The highest BCUT2D eigenvalue weighted by Crippen LogP contribution is 2.39. The van der Waals surface area contributed by atoms with Crippen LogP contribution in [0.25, 0.3) is 11.1 Å². The van der Waals surface area contributed by atoms with Crippen molar-refractivity contribution in [2.45, 2.75) is 41.5 Å². The van der Waals surface area contributed by atoms with E-state index in [9.17, 15) is 19.2 Å². The fraction of sp³-hybridized carbons (Fsp3) is 0.130. The third-order valence-corrected chi connectivity index (χ3v) is 27.7. The Labute approximate surface area is 318 Å². The van der Waals surface area contributed by atoms with E-state index in [2.05, 4.69) is 133 Å². The van der Waals surface area contributed by atoms with Crippen LogP contribution in [0.3, 0.4) is 0 Å². The molecule has 54 heavy (non-hydrogen) atoms. The van der Waals surface area contributed by atoms with Crippen molar-refractivity contribution < 1.29 is 19.2 Å². The summed E-state index contributed by atoms with van der Waals surface area (Å²) < 4.78 is 0. The van der Waals surface area contributed by atoms with Gasteiger partial charge in [-0.3, -0.25) is 29.0 Å². The molecule has 6 aromatic carbocycles. The number of hydrogen-bond donors (Lipinski definition) is 0. The van der Waals surface area contributed by atoms with Crippen LogP contribution in [0.5, 0.6) is 0 Å². The zero-order valence-electron chi connectivity index (χ0n) is 31.4. The highest BCUT2D eigenvalue weighted by Gasteiger charge is 2.65. The van der Waals surface area contributed by atoms with Gasteiger partial charge >= 0.3 is 0 Å². The summed E-state index contributed by atoms with van der Waals surface area (Å²) in [5, 5.41) is 7.24. The largest absolute Gasteiger partial charge is 0.274 e. The summed E-state index contributed by atoms with van der Waals surface area (Å²) in [5.74, 6) is -1.51. The molecule has 0 aliphatic carbocycles. The molecule has 6 nitrogen and oxygen atoms in total. The Balaban J connectivity index is 1.83. The van der Waals surface area contributed by atoms with Crippen molar-refractivity contribution in [3.63, 3.8) is 0 Å². The lowest BCUT2D eigenvalue weighted by atomic mass is 9.98. The fourth-order valence-electron chi connectivity index (χ4n) is 9.04. The first-order chi connectivity index (χ1) is 26.0. The molecule has 8 heteroatoms. The first-order valence-electron chi connectivity index (χ1n) is 18.1. The van der Waals surface area contributed by atoms with Crippen LogP contribution in [0, 0.1) is 13.8 Å². The van der Waals surface area contributed by atoms with Crippen molar-refractivity contribution in [2.24, 2.45) is 0 Å². The van der Waals surface area contributed by atoms with E-state index in [1.807, 2.05) is 26.0 Å². The van der Waals surface area contributed by atoms with E-state index in [4.69, 9.17) is 0 Å². The average Bonchev–Trinajstić information content (AvgIpc) is 3.16. The first kappa shape index (κ1) is 36.4. The van der Waals surface area contributed by atoms with E-state index in [0.29, 0.717) is 11.4 Å². The number of hydrogen-bond acceptors (Lipinski definition) is 4. The molecular weight excluding hydrogens is 701 g/mol. The standard InChI is InChI=1S/C46H42N2O4Si2/c1-31-27-45-41(29-43(31)47(33(3)49)34(4)50)42-30-44(48(35(5)51)36(6)52)32(2)28-46(42)54(39-23-15-9-16-24-39,40-25-17-10-18-26-40)53(45,37-19-11-7-12-20-37)38-21-13-8-14-22-38/h7-30H,1-6H3. The second-order valence-electron chi connectivity index (χ2n) is 14.1. The SMILES string of the molecule is CC(=O)N(C(C)=O)c1cc2c(cc1C)[Si](c1ccccc1)(c1ccccc1)[Si](c1ccccc1)(c1ccccc1)c1cc(C)c(N(C(C)=O)C(C)=O)cc1-2. The molecule has 0 fully saturated rings. The Kier molecular flexibility index (Phi) is 9.51. The number of nitrogens with zero attached hydrogens (tertiary/aromatic N) is 2. The van der Waals surface area contributed by atoms with Gasteiger partial charge in [0.2, 0.25) is 23.6 Å². The zero-order valence-corrected chi connectivity index (χ0v) is 33.4. The smallest absolute Gasteiger partial charge is 0.230 e. The van der Waals surface area contributed by atoms with Crippen LogP contribution in [-0.2, 0) is 19.2 Å². The number of benzene rings is 6. The monoisotopic (exact) mass is 742 g/mol. The highest BCUT2D eigenvalue weighted by atomic mass is 29.3. The van der Waals surface area contributed by atoms with E-state index in [0.717, 1.165) is 32.6 Å². The second kappa shape index (κ2) is 14.1. The minimum absolute atomic E-state index is 0.377. The van der Waals surface area contributed by atoms with Crippen LogP contribution in [0.2, 0.25) is 0 Å². The van der Waals surface area contributed by atoms with Crippen LogP contribution in [0.4, 0.5) is 11.4 Å². The summed E-state index contributed by atoms with van der Waals surface area (Å²) in [7, 11) is -6.64. The maximum atomic E-state index is 13.2. The summed E-state index contributed by atoms with van der Waals surface area (Å²) in [6, 6.07) is 51.9. The van der Waals surface area contributed by atoms with Crippen molar-refractivity contribution in [1.29, 1.82) is 0 Å². The molecule has 0 N–H and O–H groups in total. The number of anilines is 2. The van der Waals surface area contributed by atoms with Gasteiger partial charge < -0.3 is 0 Å². The van der Waals surface area contributed by atoms with Crippen molar-refractivity contribution in [2.75, 3.05) is 9.80 Å². The molecule has 6 aromatic rings. The summed E-state index contributed by atoms with van der Waals surface area (Å²) in [6.45, 7) is 9.57. The lowest BCUT2D eigenvalue weighted by Crippen LogP contribution is -2.95. The zero-order chi connectivity index (χ0) is 38.4. The third kappa shape index (κ3) is 5.44. The maximum Gasteiger partial charge on any atom is 0.230 e. The number of amides is 4. The minimum Gasteiger partial charge on any atom is -0.274 e. The van der Waals surface area contributed by atoms with Crippen molar-refractivity contribution in [3.8, 4) is 11.1 Å². The molecule has 1 aliphatic heterocycles. The van der Waals surface area contributed by atoms with E-state index < -0.39 is 15.2 Å². The van der Waals surface area contributed by atoms with Gasteiger partial charge in [0.05, 0.1) is 11.4 Å². The fourth-order valence-corrected chi connectivity index (χ4v) is 29.2. The van der Waals surface area contributed by atoms with Crippen molar-refractivity contribution >= 4 is 81.3 Å². The molecular formula is C46H42N2O4Si2. The Bertz CT molecular complexity index is 2150. The van der Waals surface area contributed by atoms with Gasteiger partial charge in [-0.1, -0.05) is 154 Å². The predicted molar refractivity (Wildman–Crippen MR) is 224 cm³/mol. The lowest BCUT2D eigenvalue weighted by molar-refractivity contribution is -0.125. The van der Waals surface area contributed by atoms with Gasteiger partial charge in [-0.2, -0.15) is 0 Å². The number of carbonyl (C=O) groups excluding carboxylic acids is 4. The summed E-state index contributed by atoms with van der Waals surface area (Å²) >= 11 is 0. The second-order valence-corrected chi connectivity index (χ2v) is 25.0. The van der Waals surface area contributed by atoms with E-state index in [1.54, 1.807) is 0 Å². The first-order valence-corrected chi connectivity index (χ1v) is 23.1. The Morgan fingerprint density at radius 3 is 0.852 bits per heavy atom. The molecule has 7 rings (SSSR count). The molecule has 0 bridgehead atoms. The molecule has 0 saturated heterocycles. The van der Waals surface area contributed by atoms with Gasteiger partial charge in [0.15, 0.2) is 15.2 Å². The Morgan fingerprint density at radius 2 is 0.630 bits per heavy atom. The van der Waals surface area contributed by atoms with Gasteiger partial charge in [-0.25, -0.2) is 0 Å². The molecule has 1 aliphatic rings. The highest BCUT2D eigenvalue weighted by molar-refractivity contribution is 7.68.